The summed E-state index contributed by atoms with van der Waals surface area (Å²) < 4.78 is 9.36. The van der Waals surface area contributed by atoms with E-state index >= 15 is 0 Å². The Labute approximate surface area is 373 Å². The number of nitriles is 1. The van der Waals surface area contributed by atoms with Crippen molar-refractivity contribution in [3.05, 3.63) is 234 Å². The predicted molar refractivity (Wildman–Crippen MR) is 261 cm³/mol. The summed E-state index contributed by atoms with van der Waals surface area (Å²) in [4.78, 5) is 10.4. The molecule has 65 heavy (non-hydrogen) atoms. The normalized spacial score (nSPS) is 13.0. The molecule has 0 unspecified atom stereocenters. The first-order chi connectivity index (χ1) is 32.2. The minimum Gasteiger partial charge on any atom is -0.455 e. The Morgan fingerprint density at radius 2 is 0.985 bits per heavy atom. The van der Waals surface area contributed by atoms with E-state index in [1.165, 1.54) is 55.3 Å². The van der Waals surface area contributed by atoms with Crippen LogP contribution in [-0.2, 0) is 5.41 Å². The molecule has 12 aromatic rings. The van der Waals surface area contributed by atoms with Crippen LogP contribution in [0.1, 0.15) is 27.8 Å². The SMILES string of the molecule is N#Cc1c(-c2ccccc2)nc(-c2ccc(-n3c4ccccc4c4cc5c(cc43)-c3ccccc3C53c4ccccc4-c4ccccc43)c3c2oc2ccccc23)nc1-c1ccccc1. The van der Waals surface area contributed by atoms with Crippen LogP contribution in [0.4, 0.5) is 0 Å². The Kier molecular flexibility index (Phi) is 7.32. The van der Waals surface area contributed by atoms with E-state index in [0.717, 1.165) is 49.8 Å². The van der Waals surface area contributed by atoms with Crippen LogP contribution in [0.3, 0.4) is 0 Å². The van der Waals surface area contributed by atoms with E-state index in [1.54, 1.807) is 0 Å². The highest BCUT2D eigenvalue weighted by molar-refractivity contribution is 6.17. The third-order valence-electron chi connectivity index (χ3n) is 13.9. The van der Waals surface area contributed by atoms with E-state index in [1.807, 2.05) is 72.8 Å². The topological polar surface area (TPSA) is 67.6 Å². The molecule has 5 heteroatoms. The first-order valence-electron chi connectivity index (χ1n) is 22.0. The van der Waals surface area contributed by atoms with Crippen molar-refractivity contribution in [1.29, 1.82) is 5.26 Å². The van der Waals surface area contributed by atoms with E-state index in [-0.39, 0.29) is 0 Å². The Bertz CT molecular complexity index is 3920. The van der Waals surface area contributed by atoms with Gasteiger partial charge in [-0.3, -0.25) is 0 Å². The number of nitrogens with zero attached hydrogens (tertiary/aromatic N) is 4. The molecule has 2 aliphatic rings. The standard InChI is InChI=1S/C60H34N4O/c61-35-46-56(36-17-3-1-4-18-36)62-59(63-57(46)37-19-5-2-6-20-37)43-31-32-52(55-42-25-11-16-30-54(42)65-58(43)55)64-51-29-15-10-24-41(51)45-33-50-44(34-53(45)64)40-23-9-14-28-49(40)60(50)47-26-12-7-21-38(47)39-22-8-13-27-48(39)60/h1-34H. The smallest absolute Gasteiger partial charge is 0.164 e. The van der Waals surface area contributed by atoms with Crippen LogP contribution >= 0.6 is 0 Å². The highest BCUT2D eigenvalue weighted by atomic mass is 16.3. The number of para-hydroxylation sites is 2. The van der Waals surface area contributed by atoms with Gasteiger partial charge >= 0.3 is 0 Å². The minimum atomic E-state index is -0.454. The molecule has 0 saturated carbocycles. The molecule has 0 bridgehead atoms. The molecule has 0 aliphatic heterocycles. The van der Waals surface area contributed by atoms with Crippen LogP contribution in [0.15, 0.2) is 211 Å². The second kappa shape index (κ2) is 13.3. The van der Waals surface area contributed by atoms with E-state index in [0.29, 0.717) is 28.4 Å². The molecule has 2 aliphatic carbocycles. The second-order valence-electron chi connectivity index (χ2n) is 17.1. The van der Waals surface area contributed by atoms with Crippen LogP contribution in [0, 0.1) is 11.3 Å². The highest BCUT2D eigenvalue weighted by Crippen LogP contribution is 2.63. The van der Waals surface area contributed by atoms with Gasteiger partial charge in [0, 0.05) is 27.3 Å². The van der Waals surface area contributed by atoms with Gasteiger partial charge in [0.15, 0.2) is 5.82 Å². The third kappa shape index (κ3) is 4.75. The van der Waals surface area contributed by atoms with Crippen LogP contribution in [-0.4, -0.2) is 14.5 Å². The highest BCUT2D eigenvalue weighted by Gasteiger charge is 2.51. The fourth-order valence-corrected chi connectivity index (χ4v) is 11.3. The zero-order valence-electron chi connectivity index (χ0n) is 34.8. The summed E-state index contributed by atoms with van der Waals surface area (Å²) in [5, 5.41) is 15.0. The van der Waals surface area contributed by atoms with Gasteiger partial charge in [-0.15, -0.1) is 0 Å². The Morgan fingerprint density at radius 3 is 1.62 bits per heavy atom. The Hall–Kier alpha value is -8.85. The maximum atomic E-state index is 10.7. The average molecular weight is 827 g/mol. The Balaban J connectivity index is 1.07. The molecule has 14 rings (SSSR count). The molecule has 0 amide bonds. The molecular formula is C60H34N4O. The van der Waals surface area contributed by atoms with Crippen molar-refractivity contribution in [2.45, 2.75) is 5.41 Å². The molecule has 5 nitrogen and oxygen atoms in total. The second-order valence-corrected chi connectivity index (χ2v) is 17.1. The summed E-state index contributed by atoms with van der Waals surface area (Å²) in [7, 11) is 0. The molecule has 0 radical (unpaired) electrons. The summed E-state index contributed by atoms with van der Waals surface area (Å²) in [5.41, 5.74) is 18.6. The molecule has 0 fully saturated rings. The van der Waals surface area contributed by atoms with Crippen molar-refractivity contribution in [3.63, 3.8) is 0 Å². The lowest BCUT2D eigenvalue weighted by atomic mass is 9.70. The lowest BCUT2D eigenvalue weighted by Gasteiger charge is -2.30. The van der Waals surface area contributed by atoms with Gasteiger partial charge in [-0.25, -0.2) is 9.97 Å². The van der Waals surface area contributed by atoms with Gasteiger partial charge in [-0.2, -0.15) is 5.26 Å². The van der Waals surface area contributed by atoms with E-state index < -0.39 is 5.41 Å². The third-order valence-corrected chi connectivity index (χ3v) is 13.9. The number of aromatic nitrogens is 3. The summed E-state index contributed by atoms with van der Waals surface area (Å²) in [6.45, 7) is 0. The number of hydrogen-bond acceptors (Lipinski definition) is 4. The van der Waals surface area contributed by atoms with Crippen LogP contribution < -0.4 is 0 Å². The Morgan fingerprint density at radius 1 is 0.446 bits per heavy atom. The number of furan rings is 1. The van der Waals surface area contributed by atoms with Crippen LogP contribution in [0.25, 0.3) is 106 Å². The van der Waals surface area contributed by atoms with Crippen LogP contribution in [0.2, 0.25) is 0 Å². The maximum absolute atomic E-state index is 10.7. The average Bonchev–Trinajstić information content (AvgIpc) is 4.10. The molecule has 3 heterocycles. The fraction of sp³-hybridized carbons (Fsp3) is 0.0167. The number of hydrogen-bond donors (Lipinski definition) is 0. The lowest BCUT2D eigenvalue weighted by Crippen LogP contribution is -2.25. The summed E-state index contributed by atoms with van der Waals surface area (Å²) in [6.07, 6.45) is 0. The zero-order valence-corrected chi connectivity index (χ0v) is 34.8. The molecule has 300 valence electrons. The first-order valence-corrected chi connectivity index (χ1v) is 22.0. The first kappa shape index (κ1) is 35.7. The van der Waals surface area contributed by atoms with Crippen molar-refractivity contribution in [2.75, 3.05) is 0 Å². The van der Waals surface area contributed by atoms with Crippen molar-refractivity contribution >= 4 is 43.7 Å². The zero-order chi connectivity index (χ0) is 42.8. The van der Waals surface area contributed by atoms with Gasteiger partial charge < -0.3 is 8.98 Å². The number of benzene rings is 9. The fourth-order valence-electron chi connectivity index (χ4n) is 11.3. The maximum Gasteiger partial charge on any atom is 0.164 e. The summed E-state index contributed by atoms with van der Waals surface area (Å²) in [6, 6.07) is 75.4. The molecule has 0 N–H and O–H groups in total. The van der Waals surface area contributed by atoms with Gasteiger partial charge in [-0.1, -0.05) is 170 Å². The van der Waals surface area contributed by atoms with E-state index in [9.17, 15) is 5.26 Å². The molecule has 0 atom stereocenters. The van der Waals surface area contributed by atoms with Gasteiger partial charge in [-0.05, 0) is 80.9 Å². The predicted octanol–water partition coefficient (Wildman–Crippen LogP) is 14.7. The van der Waals surface area contributed by atoms with Gasteiger partial charge in [0.05, 0.1) is 44.5 Å². The summed E-state index contributed by atoms with van der Waals surface area (Å²) >= 11 is 0. The van der Waals surface area contributed by atoms with Gasteiger partial charge in [0.2, 0.25) is 0 Å². The molecular weight excluding hydrogens is 793 g/mol. The molecule has 9 aromatic carbocycles. The van der Waals surface area contributed by atoms with Crippen molar-refractivity contribution < 1.29 is 4.42 Å². The van der Waals surface area contributed by atoms with Crippen molar-refractivity contribution in [3.8, 4) is 67.9 Å². The van der Waals surface area contributed by atoms with Crippen molar-refractivity contribution in [2.24, 2.45) is 0 Å². The largest absolute Gasteiger partial charge is 0.455 e. The minimum absolute atomic E-state index is 0.425. The number of rotatable bonds is 4. The van der Waals surface area contributed by atoms with E-state index in [4.69, 9.17) is 14.4 Å². The lowest BCUT2D eigenvalue weighted by molar-refractivity contribution is 0.669. The van der Waals surface area contributed by atoms with Gasteiger partial charge in [0.25, 0.3) is 0 Å². The van der Waals surface area contributed by atoms with E-state index in [2.05, 4.69) is 144 Å². The van der Waals surface area contributed by atoms with Gasteiger partial charge in [0.1, 0.15) is 22.8 Å². The summed E-state index contributed by atoms with van der Waals surface area (Å²) in [5.74, 6) is 0.483. The molecule has 1 spiro atoms. The monoisotopic (exact) mass is 826 g/mol. The van der Waals surface area contributed by atoms with Crippen molar-refractivity contribution in [1.82, 2.24) is 14.5 Å². The molecule has 3 aromatic heterocycles. The van der Waals surface area contributed by atoms with Crippen LogP contribution in [0.5, 0.6) is 0 Å². The molecule has 0 saturated heterocycles. The quantitative estimate of drug-likeness (QED) is 0.177. The number of fused-ring (bicyclic) bond motifs is 16.